The molecule has 1 fully saturated rings. The molecule has 2 N–H and O–H groups in total. The summed E-state index contributed by atoms with van der Waals surface area (Å²) in [7, 11) is 0. The molecule has 2 heterocycles. The Hall–Kier alpha value is -1.29. The molecule has 0 radical (unpaired) electrons. The van der Waals surface area contributed by atoms with Crippen molar-refractivity contribution in [1.29, 1.82) is 0 Å². The molecule has 4 atom stereocenters. The van der Waals surface area contributed by atoms with Gasteiger partial charge < -0.3 is 19.7 Å². The maximum absolute atomic E-state index is 12.9. The van der Waals surface area contributed by atoms with E-state index in [1.54, 1.807) is 0 Å². The van der Waals surface area contributed by atoms with Crippen molar-refractivity contribution in [3.05, 3.63) is 10.6 Å². The van der Waals surface area contributed by atoms with E-state index in [1.807, 2.05) is 13.8 Å². The van der Waals surface area contributed by atoms with Gasteiger partial charge in [-0.1, -0.05) is 20.8 Å². The van der Waals surface area contributed by atoms with Gasteiger partial charge in [0.25, 0.3) is 0 Å². The number of halogens is 1. The Morgan fingerprint density at radius 1 is 1.37 bits per heavy atom. The zero-order valence-electron chi connectivity index (χ0n) is 15.7. The Balaban J connectivity index is 2.19. The Bertz CT molecular complexity index is 635. The van der Waals surface area contributed by atoms with Crippen molar-refractivity contribution in [1.82, 2.24) is 4.90 Å². The predicted octanol–water partition coefficient (Wildman–Crippen LogP) is 1.72. The summed E-state index contributed by atoms with van der Waals surface area (Å²) < 4.78 is 10.8. The average Bonchev–Trinajstić information content (AvgIpc) is 2.99. The number of hydrogen-bond donors (Lipinski definition) is 2. The number of imide groups is 1. The molecular weight excluding hydrogens is 422 g/mol. The van der Waals surface area contributed by atoms with Crippen molar-refractivity contribution in [2.45, 2.75) is 58.0 Å². The Morgan fingerprint density at radius 3 is 2.63 bits per heavy atom. The lowest BCUT2D eigenvalue weighted by Gasteiger charge is -2.38. The quantitative estimate of drug-likeness (QED) is 0.571. The van der Waals surface area contributed by atoms with Gasteiger partial charge in [-0.2, -0.15) is 0 Å². The number of aliphatic hydroxyl groups is 2. The standard InChI is InChI=1S/C18H26BrNO7/c1-10(2)12-9-26-17(24)20(12)16(23)11(3)15-13(22)8-14(19)18(25,27-15)6-4-5-7-21/h8,10-12,15,21,25H,4-7,9H2,1-3H3/t11-,12+,15-,18+/m1/s1. The minimum atomic E-state index is -1.76. The Morgan fingerprint density at radius 2 is 2.04 bits per heavy atom. The molecule has 8 nitrogen and oxygen atoms in total. The number of amides is 2. The summed E-state index contributed by atoms with van der Waals surface area (Å²) in [5.41, 5.74) is 0. The number of nitrogens with zero attached hydrogens (tertiary/aromatic N) is 1. The molecule has 0 saturated carbocycles. The van der Waals surface area contributed by atoms with Crippen LogP contribution in [0.1, 0.15) is 40.0 Å². The number of hydrogen-bond acceptors (Lipinski definition) is 7. The third kappa shape index (κ3) is 4.59. The monoisotopic (exact) mass is 447 g/mol. The van der Waals surface area contributed by atoms with E-state index in [2.05, 4.69) is 15.9 Å². The van der Waals surface area contributed by atoms with Crippen LogP contribution in [0.4, 0.5) is 4.79 Å². The van der Waals surface area contributed by atoms with Crippen molar-refractivity contribution < 1.29 is 34.1 Å². The topological polar surface area (TPSA) is 113 Å². The van der Waals surface area contributed by atoms with Gasteiger partial charge in [-0.15, -0.1) is 0 Å². The molecule has 0 aromatic heterocycles. The molecule has 2 aliphatic rings. The van der Waals surface area contributed by atoms with Crippen LogP contribution in [0, 0.1) is 11.8 Å². The number of unbranched alkanes of at least 4 members (excludes halogenated alkanes) is 1. The summed E-state index contributed by atoms with van der Waals surface area (Å²) in [6.45, 7) is 5.33. The third-order valence-electron chi connectivity index (χ3n) is 4.92. The fourth-order valence-electron chi connectivity index (χ4n) is 3.18. The maximum atomic E-state index is 12.9. The minimum absolute atomic E-state index is 0.0000280. The second-order valence-corrected chi connectivity index (χ2v) is 8.14. The van der Waals surface area contributed by atoms with Gasteiger partial charge in [0, 0.05) is 13.0 Å². The van der Waals surface area contributed by atoms with E-state index in [-0.39, 0.29) is 30.0 Å². The van der Waals surface area contributed by atoms with Crippen LogP contribution in [-0.4, -0.2) is 64.0 Å². The van der Waals surface area contributed by atoms with E-state index in [0.29, 0.717) is 12.8 Å². The molecule has 0 aromatic rings. The smallest absolute Gasteiger partial charge is 0.416 e. The number of aliphatic hydroxyl groups excluding tert-OH is 1. The van der Waals surface area contributed by atoms with Crippen LogP contribution in [-0.2, 0) is 19.1 Å². The summed E-state index contributed by atoms with van der Waals surface area (Å²) in [6, 6.07) is -0.406. The van der Waals surface area contributed by atoms with Gasteiger partial charge in [0.05, 0.1) is 16.4 Å². The Labute approximate surface area is 166 Å². The first-order valence-electron chi connectivity index (χ1n) is 9.04. The zero-order chi connectivity index (χ0) is 20.4. The fraction of sp³-hybridized carbons (Fsp3) is 0.722. The van der Waals surface area contributed by atoms with Crippen LogP contribution < -0.4 is 0 Å². The first kappa shape index (κ1) is 22.0. The lowest BCUT2D eigenvalue weighted by Crippen LogP contribution is -2.52. The summed E-state index contributed by atoms with van der Waals surface area (Å²) in [5, 5.41) is 19.7. The summed E-state index contributed by atoms with van der Waals surface area (Å²) in [6.07, 6.45) is 0.333. The highest BCUT2D eigenvalue weighted by Gasteiger charge is 2.48. The van der Waals surface area contributed by atoms with Crippen LogP contribution in [0.5, 0.6) is 0 Å². The molecule has 0 unspecified atom stereocenters. The van der Waals surface area contributed by atoms with Gasteiger partial charge in [0.2, 0.25) is 5.91 Å². The molecule has 0 aliphatic carbocycles. The predicted molar refractivity (Wildman–Crippen MR) is 98.8 cm³/mol. The molecule has 27 heavy (non-hydrogen) atoms. The molecule has 152 valence electrons. The molecule has 0 aromatic carbocycles. The first-order chi connectivity index (χ1) is 12.6. The maximum Gasteiger partial charge on any atom is 0.416 e. The number of ketones is 1. The lowest BCUT2D eigenvalue weighted by molar-refractivity contribution is -0.217. The van der Waals surface area contributed by atoms with Crippen molar-refractivity contribution in [3.8, 4) is 0 Å². The molecule has 2 amide bonds. The van der Waals surface area contributed by atoms with Crippen molar-refractivity contribution in [2.75, 3.05) is 13.2 Å². The number of rotatable bonds is 7. The molecule has 0 spiro atoms. The normalized spacial score (nSPS) is 29.7. The first-order valence-corrected chi connectivity index (χ1v) is 9.84. The van der Waals surface area contributed by atoms with Gasteiger partial charge in [-0.3, -0.25) is 9.59 Å². The highest BCUT2D eigenvalue weighted by Crippen LogP contribution is 2.37. The Kier molecular flexibility index (Phi) is 7.18. The van der Waals surface area contributed by atoms with Crippen LogP contribution in [0.2, 0.25) is 0 Å². The number of ether oxygens (including phenoxy) is 2. The number of cyclic esters (lactones) is 1. The molecular formula is C18H26BrNO7. The summed E-state index contributed by atoms with van der Waals surface area (Å²) >= 11 is 3.15. The molecule has 1 saturated heterocycles. The van der Waals surface area contributed by atoms with Crippen LogP contribution in [0.3, 0.4) is 0 Å². The fourth-order valence-corrected chi connectivity index (χ4v) is 3.69. The van der Waals surface area contributed by atoms with Gasteiger partial charge in [-0.25, -0.2) is 9.69 Å². The van der Waals surface area contributed by atoms with Crippen molar-refractivity contribution in [3.63, 3.8) is 0 Å². The number of carbonyl (C=O) groups is 3. The lowest BCUT2D eigenvalue weighted by atomic mass is 9.93. The van der Waals surface area contributed by atoms with E-state index in [4.69, 9.17) is 14.6 Å². The zero-order valence-corrected chi connectivity index (χ0v) is 17.3. The summed E-state index contributed by atoms with van der Waals surface area (Å²) in [5.74, 6) is -3.78. The third-order valence-corrected chi connectivity index (χ3v) is 5.77. The van der Waals surface area contributed by atoms with Crippen LogP contribution in [0.25, 0.3) is 0 Å². The van der Waals surface area contributed by atoms with E-state index in [1.165, 1.54) is 13.0 Å². The molecule has 2 rings (SSSR count). The molecule has 9 heteroatoms. The van der Waals surface area contributed by atoms with E-state index in [9.17, 15) is 19.5 Å². The van der Waals surface area contributed by atoms with Crippen molar-refractivity contribution >= 4 is 33.7 Å². The van der Waals surface area contributed by atoms with E-state index in [0.717, 1.165) is 4.90 Å². The average molecular weight is 448 g/mol. The van der Waals surface area contributed by atoms with Crippen molar-refractivity contribution in [2.24, 2.45) is 11.8 Å². The number of carbonyl (C=O) groups excluding carboxylic acids is 3. The molecule has 0 bridgehead atoms. The highest BCUT2D eigenvalue weighted by molar-refractivity contribution is 9.11. The highest BCUT2D eigenvalue weighted by atomic mass is 79.9. The van der Waals surface area contributed by atoms with Gasteiger partial charge in [0.1, 0.15) is 12.7 Å². The SMILES string of the molecule is CC(C)[C@@H]1COC(=O)N1C(=O)[C@H](C)[C@H]1O[C@@](O)(CCCCO)C(Br)=CC1=O. The van der Waals surface area contributed by atoms with Crippen LogP contribution in [0.15, 0.2) is 10.6 Å². The van der Waals surface area contributed by atoms with Crippen LogP contribution >= 0.6 is 15.9 Å². The molecule has 2 aliphatic heterocycles. The summed E-state index contributed by atoms with van der Waals surface area (Å²) in [4.78, 5) is 38.4. The minimum Gasteiger partial charge on any atom is -0.447 e. The van der Waals surface area contributed by atoms with Gasteiger partial charge in [-0.05, 0) is 40.8 Å². The largest absolute Gasteiger partial charge is 0.447 e. The van der Waals surface area contributed by atoms with Gasteiger partial charge >= 0.3 is 6.09 Å². The van der Waals surface area contributed by atoms with E-state index < -0.39 is 41.6 Å². The second-order valence-electron chi connectivity index (χ2n) is 7.28. The second kappa shape index (κ2) is 8.81. The van der Waals surface area contributed by atoms with Gasteiger partial charge in [0.15, 0.2) is 11.6 Å². The van der Waals surface area contributed by atoms with E-state index >= 15 is 0 Å².